The first-order valence-electron chi connectivity index (χ1n) is 6.18. The van der Waals surface area contributed by atoms with E-state index in [1.54, 1.807) is 0 Å². The molecular weight excluding hydrogens is 220 g/mol. The van der Waals surface area contributed by atoms with Gasteiger partial charge in [0, 0.05) is 5.56 Å². The number of para-hydroxylation sites is 1. The summed E-state index contributed by atoms with van der Waals surface area (Å²) in [7, 11) is 0. The van der Waals surface area contributed by atoms with Crippen LogP contribution in [0.2, 0.25) is 0 Å². The number of aromatic amines is 1. The molecule has 2 heteroatoms. The van der Waals surface area contributed by atoms with Crippen molar-refractivity contribution in [1.82, 2.24) is 9.97 Å². The number of nitrogens with one attached hydrogen (secondary N) is 1. The van der Waals surface area contributed by atoms with Crippen LogP contribution >= 0.6 is 0 Å². The molecule has 0 aliphatic rings. The van der Waals surface area contributed by atoms with Crippen molar-refractivity contribution >= 4 is 11.0 Å². The van der Waals surface area contributed by atoms with Gasteiger partial charge in [0.1, 0.15) is 5.82 Å². The lowest BCUT2D eigenvalue weighted by atomic mass is 10.1. The topological polar surface area (TPSA) is 28.7 Å². The predicted molar refractivity (Wildman–Crippen MR) is 75.7 cm³/mol. The van der Waals surface area contributed by atoms with Crippen LogP contribution in [-0.2, 0) is 0 Å². The number of rotatable bonds is 1. The number of hydrogen-bond donors (Lipinski definition) is 1. The van der Waals surface area contributed by atoms with Gasteiger partial charge in [-0.1, -0.05) is 35.9 Å². The highest BCUT2D eigenvalue weighted by Crippen LogP contribution is 2.25. The molecule has 90 valence electrons. The number of aromatic nitrogens is 2. The number of nitrogens with zero attached hydrogens (tertiary/aromatic N) is 1. The molecule has 0 radical (unpaired) electrons. The van der Waals surface area contributed by atoms with Crippen LogP contribution in [0.3, 0.4) is 0 Å². The van der Waals surface area contributed by atoms with Crippen molar-refractivity contribution in [2.24, 2.45) is 0 Å². The fourth-order valence-electron chi connectivity index (χ4n) is 2.38. The van der Waals surface area contributed by atoms with Crippen LogP contribution in [0, 0.1) is 20.8 Å². The largest absolute Gasteiger partial charge is 0.338 e. The van der Waals surface area contributed by atoms with Crippen molar-refractivity contribution in [3.63, 3.8) is 0 Å². The van der Waals surface area contributed by atoms with E-state index in [9.17, 15) is 0 Å². The molecule has 0 aliphatic heterocycles. The summed E-state index contributed by atoms with van der Waals surface area (Å²) >= 11 is 0. The zero-order chi connectivity index (χ0) is 12.7. The van der Waals surface area contributed by atoms with Crippen LogP contribution in [0.4, 0.5) is 0 Å². The number of aryl methyl sites for hydroxylation is 3. The first kappa shape index (κ1) is 11.0. The summed E-state index contributed by atoms with van der Waals surface area (Å²) in [5.74, 6) is 0.955. The highest BCUT2D eigenvalue weighted by atomic mass is 14.9. The molecule has 0 bridgehead atoms. The van der Waals surface area contributed by atoms with Gasteiger partial charge < -0.3 is 4.98 Å². The summed E-state index contributed by atoms with van der Waals surface area (Å²) in [5.41, 5.74) is 7.09. The van der Waals surface area contributed by atoms with E-state index < -0.39 is 0 Å². The summed E-state index contributed by atoms with van der Waals surface area (Å²) in [5, 5.41) is 0. The smallest absolute Gasteiger partial charge is 0.138 e. The third-order valence-corrected chi connectivity index (χ3v) is 3.35. The molecule has 0 fully saturated rings. The molecule has 0 aliphatic carbocycles. The molecule has 0 saturated heterocycles. The number of H-pyrrole nitrogens is 1. The van der Waals surface area contributed by atoms with Crippen LogP contribution in [-0.4, -0.2) is 9.97 Å². The van der Waals surface area contributed by atoms with E-state index in [1.807, 2.05) is 0 Å². The standard InChI is InChI=1S/C16H16N2/c1-10-7-8-13(12(3)9-10)16-17-14-6-4-5-11(2)15(14)18-16/h4-9H,1-3H3,(H,17,18). The third kappa shape index (κ3) is 1.70. The molecule has 1 aromatic heterocycles. The molecule has 1 N–H and O–H groups in total. The molecule has 0 spiro atoms. The van der Waals surface area contributed by atoms with Crippen molar-refractivity contribution in [2.45, 2.75) is 20.8 Å². The summed E-state index contributed by atoms with van der Waals surface area (Å²) in [6, 6.07) is 12.7. The number of imidazole rings is 1. The first-order chi connectivity index (χ1) is 8.65. The molecule has 1 heterocycles. The number of benzene rings is 2. The van der Waals surface area contributed by atoms with Gasteiger partial charge in [-0.25, -0.2) is 4.98 Å². The molecule has 0 saturated carbocycles. The van der Waals surface area contributed by atoms with Crippen molar-refractivity contribution in [3.8, 4) is 11.4 Å². The Morgan fingerprint density at radius 2 is 1.78 bits per heavy atom. The maximum absolute atomic E-state index is 4.72. The summed E-state index contributed by atoms with van der Waals surface area (Å²) in [4.78, 5) is 8.12. The first-order valence-corrected chi connectivity index (χ1v) is 6.18. The molecular formula is C16H16N2. The van der Waals surface area contributed by atoms with Gasteiger partial charge in [-0.05, 0) is 38.0 Å². The maximum atomic E-state index is 4.72. The fraction of sp³-hybridized carbons (Fsp3) is 0.188. The SMILES string of the molecule is Cc1ccc(-c2nc3c(C)cccc3[nH]2)c(C)c1. The number of fused-ring (bicyclic) bond motifs is 1. The van der Waals surface area contributed by atoms with Gasteiger partial charge in [0.2, 0.25) is 0 Å². The minimum atomic E-state index is 0.955. The van der Waals surface area contributed by atoms with Crippen LogP contribution in [0.15, 0.2) is 36.4 Å². The lowest BCUT2D eigenvalue weighted by molar-refractivity contribution is 1.29. The van der Waals surface area contributed by atoms with Crippen LogP contribution < -0.4 is 0 Å². The highest BCUT2D eigenvalue weighted by molar-refractivity contribution is 5.82. The van der Waals surface area contributed by atoms with Crippen molar-refractivity contribution in [2.75, 3.05) is 0 Å². The van der Waals surface area contributed by atoms with Crippen molar-refractivity contribution < 1.29 is 0 Å². The highest BCUT2D eigenvalue weighted by Gasteiger charge is 2.08. The van der Waals surface area contributed by atoms with Gasteiger partial charge in [-0.3, -0.25) is 0 Å². The molecule has 3 aromatic rings. The van der Waals surface area contributed by atoms with E-state index in [0.29, 0.717) is 0 Å². The lowest BCUT2D eigenvalue weighted by Gasteiger charge is -2.03. The van der Waals surface area contributed by atoms with Crippen LogP contribution in [0.1, 0.15) is 16.7 Å². The van der Waals surface area contributed by atoms with E-state index in [0.717, 1.165) is 16.9 Å². The van der Waals surface area contributed by atoms with Gasteiger partial charge in [0.05, 0.1) is 11.0 Å². The molecule has 3 rings (SSSR count). The van der Waals surface area contributed by atoms with Gasteiger partial charge in [0.25, 0.3) is 0 Å². The fourth-order valence-corrected chi connectivity index (χ4v) is 2.38. The molecule has 2 aromatic carbocycles. The van der Waals surface area contributed by atoms with E-state index in [2.05, 4.69) is 62.2 Å². The van der Waals surface area contributed by atoms with E-state index in [1.165, 1.54) is 22.3 Å². The van der Waals surface area contributed by atoms with Gasteiger partial charge >= 0.3 is 0 Å². The third-order valence-electron chi connectivity index (χ3n) is 3.35. The maximum Gasteiger partial charge on any atom is 0.138 e. The molecule has 0 unspecified atom stereocenters. The Bertz CT molecular complexity index is 723. The van der Waals surface area contributed by atoms with Gasteiger partial charge in [0.15, 0.2) is 0 Å². The Morgan fingerprint density at radius 1 is 0.944 bits per heavy atom. The van der Waals surface area contributed by atoms with Gasteiger partial charge in [-0.2, -0.15) is 0 Å². The monoisotopic (exact) mass is 236 g/mol. The van der Waals surface area contributed by atoms with Crippen molar-refractivity contribution in [3.05, 3.63) is 53.1 Å². The Labute approximate surface area is 107 Å². The summed E-state index contributed by atoms with van der Waals surface area (Å²) in [6.07, 6.45) is 0. The second-order valence-corrected chi connectivity index (χ2v) is 4.87. The normalized spacial score (nSPS) is 11.1. The minimum Gasteiger partial charge on any atom is -0.338 e. The summed E-state index contributed by atoms with van der Waals surface area (Å²) < 4.78 is 0. The Morgan fingerprint density at radius 3 is 2.50 bits per heavy atom. The second-order valence-electron chi connectivity index (χ2n) is 4.87. The van der Waals surface area contributed by atoms with Crippen molar-refractivity contribution in [1.29, 1.82) is 0 Å². The van der Waals surface area contributed by atoms with Gasteiger partial charge in [-0.15, -0.1) is 0 Å². The zero-order valence-electron chi connectivity index (χ0n) is 10.9. The van der Waals surface area contributed by atoms with E-state index in [-0.39, 0.29) is 0 Å². The molecule has 0 atom stereocenters. The minimum absolute atomic E-state index is 0.955. The quantitative estimate of drug-likeness (QED) is 0.675. The predicted octanol–water partition coefficient (Wildman–Crippen LogP) is 4.16. The Hall–Kier alpha value is -2.09. The molecule has 0 amide bonds. The Balaban J connectivity index is 2.23. The zero-order valence-corrected chi connectivity index (χ0v) is 10.9. The van der Waals surface area contributed by atoms with E-state index >= 15 is 0 Å². The lowest BCUT2D eigenvalue weighted by Crippen LogP contribution is -1.86. The average molecular weight is 236 g/mol. The second kappa shape index (κ2) is 3.98. The molecule has 18 heavy (non-hydrogen) atoms. The van der Waals surface area contributed by atoms with E-state index in [4.69, 9.17) is 4.98 Å². The average Bonchev–Trinajstić information content (AvgIpc) is 2.74. The van der Waals surface area contributed by atoms with Crippen LogP contribution in [0.5, 0.6) is 0 Å². The molecule has 2 nitrogen and oxygen atoms in total. The van der Waals surface area contributed by atoms with Crippen LogP contribution in [0.25, 0.3) is 22.4 Å². The number of hydrogen-bond acceptors (Lipinski definition) is 1. The Kier molecular flexibility index (Phi) is 2.44. The summed E-state index contributed by atoms with van der Waals surface area (Å²) in [6.45, 7) is 6.33.